The molecule has 0 fully saturated rings. The fraction of sp³-hybridized carbons (Fsp3) is 0.349. The van der Waals surface area contributed by atoms with Crippen LogP contribution >= 0.6 is 0 Å². The molecule has 0 heterocycles. The molecule has 0 aliphatic heterocycles. The van der Waals surface area contributed by atoms with Crippen molar-refractivity contribution in [2.24, 2.45) is 10.8 Å². The second-order valence-electron chi connectivity index (χ2n) is 15.7. The third kappa shape index (κ3) is 7.75. The van der Waals surface area contributed by atoms with Crippen LogP contribution in [0.5, 0.6) is 0 Å². The molecule has 3 aliphatic rings. The van der Waals surface area contributed by atoms with Crippen LogP contribution in [0.4, 0.5) is 0 Å². The molecule has 4 aromatic carbocycles. The van der Waals surface area contributed by atoms with Gasteiger partial charge in [0.15, 0.2) is 0 Å². The first-order chi connectivity index (χ1) is 20.5. The Labute approximate surface area is 306 Å². The van der Waals surface area contributed by atoms with Crippen LogP contribution in [0.3, 0.4) is 0 Å². The Balaban J connectivity index is 0.000000320. The van der Waals surface area contributed by atoms with E-state index in [0.717, 1.165) is 6.42 Å². The van der Waals surface area contributed by atoms with Gasteiger partial charge in [-0.05, 0) is 62.3 Å². The van der Waals surface area contributed by atoms with E-state index in [9.17, 15) is 0 Å². The molecule has 0 bridgehead atoms. The topological polar surface area (TPSA) is 0 Å². The van der Waals surface area contributed by atoms with Gasteiger partial charge in [-0.2, -0.15) is 23.8 Å². The summed E-state index contributed by atoms with van der Waals surface area (Å²) >= 11 is 1.46. The number of hydrogen-bond donors (Lipinski definition) is 0. The first kappa shape index (κ1) is 38.3. The van der Waals surface area contributed by atoms with E-state index in [2.05, 4.69) is 134 Å². The van der Waals surface area contributed by atoms with Gasteiger partial charge in [0, 0.05) is 5.41 Å². The molecule has 240 valence electrons. The van der Waals surface area contributed by atoms with Gasteiger partial charge in [-0.25, -0.2) is 17.7 Å². The zero-order valence-corrected chi connectivity index (χ0v) is 33.2. The van der Waals surface area contributed by atoms with Crippen molar-refractivity contribution in [3.05, 3.63) is 136 Å². The summed E-state index contributed by atoms with van der Waals surface area (Å²) in [6, 6.07) is 30.4. The second kappa shape index (κ2) is 14.1. The third-order valence-electron chi connectivity index (χ3n) is 9.11. The number of hydrogen-bond acceptors (Lipinski definition) is 0. The minimum Gasteiger partial charge on any atom is -0.214 e. The molecule has 0 unspecified atom stereocenters. The van der Waals surface area contributed by atoms with Crippen molar-refractivity contribution >= 4 is 14.9 Å². The van der Waals surface area contributed by atoms with Crippen molar-refractivity contribution in [2.45, 2.75) is 86.5 Å². The van der Waals surface area contributed by atoms with Crippen LogP contribution in [0.15, 0.2) is 91.0 Å². The van der Waals surface area contributed by atoms with Gasteiger partial charge in [-0.15, -0.1) is 11.6 Å². The number of rotatable bonds is 1. The molecular weight excluding hydrogens is 679 g/mol. The van der Waals surface area contributed by atoms with Gasteiger partial charge in [0.2, 0.25) is 0 Å². The zero-order valence-electron chi connectivity index (χ0n) is 29.2. The van der Waals surface area contributed by atoms with Gasteiger partial charge in [-0.1, -0.05) is 92.9 Å². The van der Waals surface area contributed by atoms with Gasteiger partial charge in [0.25, 0.3) is 0 Å². The van der Waals surface area contributed by atoms with E-state index in [1.807, 2.05) is 36.4 Å². The maximum Gasteiger partial charge on any atom is -0.172 e. The fourth-order valence-electron chi connectivity index (χ4n) is 6.81. The van der Waals surface area contributed by atoms with E-state index in [1.165, 1.54) is 85.5 Å². The van der Waals surface area contributed by atoms with E-state index in [1.54, 1.807) is 0 Å². The van der Waals surface area contributed by atoms with E-state index in [4.69, 9.17) is 0 Å². The van der Waals surface area contributed by atoms with Crippen molar-refractivity contribution in [2.75, 3.05) is 0 Å². The van der Waals surface area contributed by atoms with E-state index >= 15 is 0 Å². The third-order valence-corrected chi connectivity index (χ3v) is 9.93. The molecule has 3 heteroatoms. The molecule has 0 saturated heterocycles. The van der Waals surface area contributed by atoms with E-state index in [0.29, 0.717) is 0 Å². The smallest absolute Gasteiger partial charge is 0.172 e. The number of fused-ring (bicyclic) bond motifs is 5. The molecule has 0 saturated carbocycles. The first-order valence-corrected chi connectivity index (χ1v) is 17.4. The predicted molar refractivity (Wildman–Crippen MR) is 188 cm³/mol. The molecular formula is C43H48Cl2Zr-2. The Morgan fingerprint density at radius 2 is 1.24 bits per heavy atom. The van der Waals surface area contributed by atoms with E-state index < -0.39 is 0 Å². The van der Waals surface area contributed by atoms with Gasteiger partial charge < -0.3 is 24.8 Å². The van der Waals surface area contributed by atoms with Crippen LogP contribution in [0.1, 0.15) is 108 Å². The summed E-state index contributed by atoms with van der Waals surface area (Å²) in [6.45, 7) is 23.3. The van der Waals surface area contributed by atoms with Gasteiger partial charge in [0.1, 0.15) is 0 Å². The maximum absolute atomic E-state index is 3.85. The molecule has 4 aromatic rings. The molecule has 0 amide bonds. The molecule has 0 aromatic heterocycles. The fourth-order valence-corrected chi connectivity index (χ4v) is 7.29. The van der Waals surface area contributed by atoms with Crippen LogP contribution in [0.25, 0.3) is 22.3 Å². The normalized spacial score (nSPS) is 15.9. The molecule has 0 atom stereocenters. The number of halogens is 2. The maximum atomic E-state index is 3.85. The van der Waals surface area contributed by atoms with Crippen LogP contribution in [0, 0.1) is 16.9 Å². The Morgan fingerprint density at radius 1 is 0.696 bits per heavy atom. The number of allylic oxidation sites excluding steroid dienone is 4. The first-order valence-electron chi connectivity index (χ1n) is 16.0. The van der Waals surface area contributed by atoms with Gasteiger partial charge in [-0.3, -0.25) is 6.08 Å². The van der Waals surface area contributed by atoms with Crippen LogP contribution in [-0.4, -0.2) is 3.71 Å². The summed E-state index contributed by atoms with van der Waals surface area (Å²) in [7, 11) is 0. The summed E-state index contributed by atoms with van der Waals surface area (Å²) in [5.74, 6) is 0. The molecule has 0 spiro atoms. The Morgan fingerprint density at radius 3 is 1.70 bits per heavy atom. The van der Waals surface area contributed by atoms with Crippen molar-refractivity contribution < 1.29 is 49.0 Å². The summed E-state index contributed by atoms with van der Waals surface area (Å²) in [5, 5.41) is 0. The molecule has 0 N–H and O–H groups in total. The minimum absolute atomic E-state index is 0. The SMILES string of the molecule is CC(C)(C)C1=[C-]C(C)(C)c2cc3c(cc21)-c1cc2c(cc1C3)C(C)(C)C=C2C(C)(C)C.[Cl-].[Cl-].[Zr+2]=[CH]c1ccccc1.c1cc[cH-]c1. The Hall–Kier alpha value is -2.18. The van der Waals surface area contributed by atoms with Crippen molar-refractivity contribution in [1.82, 2.24) is 0 Å². The second-order valence-corrected chi connectivity index (χ2v) is 16.4. The molecule has 7 rings (SSSR count). The van der Waals surface area contributed by atoms with Crippen LogP contribution in [-0.2, 0) is 41.5 Å². The monoisotopic (exact) mass is 724 g/mol. The zero-order chi connectivity index (χ0) is 32.1. The summed E-state index contributed by atoms with van der Waals surface area (Å²) < 4.78 is 2.17. The number of benzene rings is 3. The molecule has 3 aliphatic carbocycles. The van der Waals surface area contributed by atoms with Crippen LogP contribution in [0.2, 0.25) is 0 Å². The largest absolute Gasteiger partial charge is 0.214 e. The Kier molecular flexibility index (Phi) is 11.8. The standard InChI is InChI=1S/C31H37.C7H6.C5H5.2ClH.Zr/c1-28(2,3)26-16-30(7,8)24-12-18-11-19-13-25-23(15-21(19)20(18)14-22(24)26)27(29(4,5)6)17-31(25,9)10;1-7-5-3-2-4-6-7;1-2-4-5-3-1;;;/h12-16H,11H2,1-10H3;1-6H;1-5H;2*1H;/q-1;;-1;;;+2/p-2. The van der Waals surface area contributed by atoms with Crippen molar-refractivity contribution in [3.8, 4) is 11.1 Å². The summed E-state index contributed by atoms with van der Waals surface area (Å²) in [5.41, 5.74) is 16.2. The van der Waals surface area contributed by atoms with Gasteiger partial charge >= 0.3 is 63.8 Å². The molecule has 0 nitrogen and oxygen atoms in total. The van der Waals surface area contributed by atoms with E-state index in [-0.39, 0.29) is 46.5 Å². The van der Waals surface area contributed by atoms with Gasteiger partial charge in [0.05, 0.1) is 0 Å². The predicted octanol–water partition coefficient (Wildman–Crippen LogP) is 5.30. The molecule has 46 heavy (non-hydrogen) atoms. The van der Waals surface area contributed by atoms with Crippen LogP contribution < -0.4 is 24.8 Å². The quantitative estimate of drug-likeness (QED) is 0.206. The minimum atomic E-state index is -0.0202. The molecule has 0 radical (unpaired) electrons. The summed E-state index contributed by atoms with van der Waals surface area (Å²) in [6.07, 6.45) is 7.41. The Bertz CT molecular complexity index is 1620. The van der Waals surface area contributed by atoms with Crippen molar-refractivity contribution in [3.63, 3.8) is 0 Å². The average Bonchev–Trinajstić information content (AvgIpc) is 3.73. The average molecular weight is 727 g/mol. The van der Waals surface area contributed by atoms with Crippen molar-refractivity contribution in [1.29, 1.82) is 0 Å². The summed E-state index contributed by atoms with van der Waals surface area (Å²) in [4.78, 5) is 0.